The molecule has 3 rings (SSSR count). The SMILES string of the molecule is CCCc1cccc2sc3ccccc3c12. The summed E-state index contributed by atoms with van der Waals surface area (Å²) in [6, 6.07) is 15.4. The highest BCUT2D eigenvalue weighted by Gasteiger charge is 2.07. The van der Waals surface area contributed by atoms with Crippen LogP contribution in [0.5, 0.6) is 0 Å². The van der Waals surface area contributed by atoms with Crippen LogP contribution in [0.25, 0.3) is 20.2 Å². The van der Waals surface area contributed by atoms with E-state index < -0.39 is 0 Å². The van der Waals surface area contributed by atoms with E-state index in [9.17, 15) is 0 Å². The van der Waals surface area contributed by atoms with Gasteiger partial charge in [0.05, 0.1) is 0 Å². The number of hydrogen-bond acceptors (Lipinski definition) is 1. The Morgan fingerprint density at radius 1 is 0.938 bits per heavy atom. The molecule has 0 aliphatic rings. The fourth-order valence-electron chi connectivity index (χ4n) is 2.33. The van der Waals surface area contributed by atoms with E-state index in [1.807, 2.05) is 11.3 Å². The molecule has 0 N–H and O–H groups in total. The number of benzene rings is 2. The first-order valence-electron chi connectivity index (χ1n) is 5.79. The molecule has 0 saturated carbocycles. The number of hydrogen-bond donors (Lipinski definition) is 0. The lowest BCUT2D eigenvalue weighted by Crippen LogP contribution is -1.83. The van der Waals surface area contributed by atoms with Crippen molar-refractivity contribution in [2.75, 3.05) is 0 Å². The Hall–Kier alpha value is -1.34. The van der Waals surface area contributed by atoms with Gasteiger partial charge in [-0.05, 0) is 24.1 Å². The van der Waals surface area contributed by atoms with Gasteiger partial charge in [-0.1, -0.05) is 43.7 Å². The van der Waals surface area contributed by atoms with Crippen LogP contribution in [-0.2, 0) is 6.42 Å². The fourth-order valence-corrected chi connectivity index (χ4v) is 3.48. The minimum Gasteiger partial charge on any atom is -0.135 e. The molecule has 0 bridgehead atoms. The molecular weight excluding hydrogens is 212 g/mol. The number of aryl methyl sites for hydroxylation is 1. The molecule has 1 aromatic heterocycles. The maximum absolute atomic E-state index is 2.27. The third-order valence-corrected chi connectivity index (χ3v) is 4.14. The minimum absolute atomic E-state index is 1.18. The molecule has 0 aliphatic heterocycles. The van der Waals surface area contributed by atoms with Crippen LogP contribution < -0.4 is 0 Å². The molecule has 16 heavy (non-hydrogen) atoms. The molecule has 0 radical (unpaired) electrons. The molecule has 1 heteroatoms. The van der Waals surface area contributed by atoms with E-state index in [4.69, 9.17) is 0 Å². The van der Waals surface area contributed by atoms with Crippen LogP contribution in [0.2, 0.25) is 0 Å². The highest BCUT2D eigenvalue weighted by molar-refractivity contribution is 7.25. The summed E-state index contributed by atoms with van der Waals surface area (Å²) in [4.78, 5) is 0. The number of thiophene rings is 1. The lowest BCUT2D eigenvalue weighted by atomic mass is 10.0. The van der Waals surface area contributed by atoms with Crippen molar-refractivity contribution in [1.29, 1.82) is 0 Å². The smallest absolute Gasteiger partial charge is 0.0358 e. The zero-order valence-corrected chi connectivity index (χ0v) is 10.2. The van der Waals surface area contributed by atoms with E-state index in [0.29, 0.717) is 0 Å². The van der Waals surface area contributed by atoms with Gasteiger partial charge < -0.3 is 0 Å². The van der Waals surface area contributed by atoms with Gasteiger partial charge in [-0.15, -0.1) is 11.3 Å². The van der Waals surface area contributed by atoms with Gasteiger partial charge in [0.1, 0.15) is 0 Å². The molecule has 2 aromatic carbocycles. The van der Waals surface area contributed by atoms with Crippen molar-refractivity contribution >= 4 is 31.5 Å². The monoisotopic (exact) mass is 226 g/mol. The Bertz CT molecular complexity index is 634. The molecule has 0 aliphatic carbocycles. The molecule has 1 heterocycles. The lowest BCUT2D eigenvalue weighted by Gasteiger charge is -2.01. The molecular formula is C15H14S. The molecule has 80 valence electrons. The first kappa shape index (κ1) is 9.86. The summed E-state index contributed by atoms with van der Waals surface area (Å²) in [6.45, 7) is 2.24. The van der Waals surface area contributed by atoms with E-state index in [-0.39, 0.29) is 0 Å². The second-order valence-electron chi connectivity index (χ2n) is 4.14. The summed E-state index contributed by atoms with van der Waals surface area (Å²) in [7, 11) is 0. The summed E-state index contributed by atoms with van der Waals surface area (Å²) in [5.74, 6) is 0. The second-order valence-corrected chi connectivity index (χ2v) is 5.22. The maximum atomic E-state index is 2.27. The predicted molar refractivity (Wildman–Crippen MR) is 73.3 cm³/mol. The van der Waals surface area contributed by atoms with Gasteiger partial charge in [0.25, 0.3) is 0 Å². The van der Waals surface area contributed by atoms with Crippen molar-refractivity contribution in [3.63, 3.8) is 0 Å². The number of rotatable bonds is 2. The second kappa shape index (κ2) is 3.91. The minimum atomic E-state index is 1.18. The lowest BCUT2D eigenvalue weighted by molar-refractivity contribution is 0.930. The highest BCUT2D eigenvalue weighted by atomic mass is 32.1. The number of fused-ring (bicyclic) bond motifs is 3. The molecule has 0 fully saturated rings. The van der Waals surface area contributed by atoms with Crippen LogP contribution in [-0.4, -0.2) is 0 Å². The van der Waals surface area contributed by atoms with Crippen molar-refractivity contribution in [2.24, 2.45) is 0 Å². The Kier molecular flexibility index (Phi) is 2.41. The van der Waals surface area contributed by atoms with E-state index in [1.165, 1.54) is 38.6 Å². The van der Waals surface area contributed by atoms with Crippen molar-refractivity contribution in [3.8, 4) is 0 Å². The largest absolute Gasteiger partial charge is 0.135 e. The van der Waals surface area contributed by atoms with Gasteiger partial charge in [0, 0.05) is 20.2 Å². The summed E-state index contributed by atoms with van der Waals surface area (Å²) in [5.41, 5.74) is 1.50. The van der Waals surface area contributed by atoms with Crippen LogP contribution in [0.3, 0.4) is 0 Å². The van der Waals surface area contributed by atoms with E-state index in [2.05, 4.69) is 49.4 Å². The Morgan fingerprint density at radius 3 is 2.62 bits per heavy atom. The van der Waals surface area contributed by atoms with Crippen LogP contribution in [0.15, 0.2) is 42.5 Å². The van der Waals surface area contributed by atoms with Crippen molar-refractivity contribution in [1.82, 2.24) is 0 Å². The van der Waals surface area contributed by atoms with Crippen molar-refractivity contribution < 1.29 is 0 Å². The van der Waals surface area contributed by atoms with Crippen LogP contribution in [0.4, 0.5) is 0 Å². The molecule has 0 saturated heterocycles. The van der Waals surface area contributed by atoms with Gasteiger partial charge in [-0.2, -0.15) is 0 Å². The zero-order chi connectivity index (χ0) is 11.0. The van der Waals surface area contributed by atoms with Gasteiger partial charge in [-0.3, -0.25) is 0 Å². The van der Waals surface area contributed by atoms with Gasteiger partial charge in [0.15, 0.2) is 0 Å². The highest BCUT2D eigenvalue weighted by Crippen LogP contribution is 2.35. The van der Waals surface area contributed by atoms with E-state index in [1.54, 1.807) is 0 Å². The maximum Gasteiger partial charge on any atom is 0.0358 e. The van der Waals surface area contributed by atoms with Crippen LogP contribution in [0.1, 0.15) is 18.9 Å². The third-order valence-electron chi connectivity index (χ3n) is 3.01. The average Bonchev–Trinajstić information content (AvgIpc) is 2.68. The van der Waals surface area contributed by atoms with Crippen LogP contribution in [0, 0.1) is 0 Å². The average molecular weight is 226 g/mol. The standard InChI is InChI=1S/C15H14S/c1-2-6-11-7-5-10-14-15(11)12-8-3-4-9-13(12)16-14/h3-5,7-10H,2,6H2,1H3. The zero-order valence-electron chi connectivity index (χ0n) is 9.36. The van der Waals surface area contributed by atoms with Gasteiger partial charge in [-0.25, -0.2) is 0 Å². The van der Waals surface area contributed by atoms with Gasteiger partial charge >= 0.3 is 0 Å². The molecule has 0 unspecified atom stereocenters. The third kappa shape index (κ3) is 1.43. The van der Waals surface area contributed by atoms with Crippen LogP contribution >= 0.6 is 11.3 Å². The quantitative estimate of drug-likeness (QED) is 0.576. The molecule has 3 aromatic rings. The first-order chi connectivity index (χ1) is 7.90. The predicted octanol–water partition coefficient (Wildman–Crippen LogP) is 5.01. The molecule has 0 spiro atoms. The topological polar surface area (TPSA) is 0 Å². The summed E-state index contributed by atoms with van der Waals surface area (Å²) in [6.07, 6.45) is 2.39. The van der Waals surface area contributed by atoms with E-state index >= 15 is 0 Å². The Labute approximate surface area is 99.5 Å². The van der Waals surface area contributed by atoms with Crippen molar-refractivity contribution in [2.45, 2.75) is 19.8 Å². The normalized spacial score (nSPS) is 11.3. The summed E-state index contributed by atoms with van der Waals surface area (Å²) >= 11 is 1.90. The molecule has 0 nitrogen and oxygen atoms in total. The molecule has 0 amide bonds. The summed E-state index contributed by atoms with van der Waals surface area (Å²) < 4.78 is 2.83. The Morgan fingerprint density at radius 2 is 1.75 bits per heavy atom. The molecule has 0 atom stereocenters. The first-order valence-corrected chi connectivity index (χ1v) is 6.61. The van der Waals surface area contributed by atoms with Gasteiger partial charge in [0.2, 0.25) is 0 Å². The van der Waals surface area contributed by atoms with Crippen molar-refractivity contribution in [3.05, 3.63) is 48.0 Å². The van der Waals surface area contributed by atoms with E-state index in [0.717, 1.165) is 0 Å². The summed E-state index contributed by atoms with van der Waals surface area (Å²) in [5, 5.41) is 2.90. The fraction of sp³-hybridized carbons (Fsp3) is 0.200. The Balaban J connectivity index is 2.43.